The summed E-state index contributed by atoms with van der Waals surface area (Å²) in [5, 5.41) is 0. The third-order valence-electron chi connectivity index (χ3n) is 5.84. The minimum Gasteiger partial charge on any atom is -0.497 e. The lowest BCUT2D eigenvalue weighted by atomic mass is 10.1. The third kappa shape index (κ3) is 8.77. The van der Waals surface area contributed by atoms with Gasteiger partial charge in [0, 0.05) is 13.1 Å². The van der Waals surface area contributed by atoms with Crippen molar-refractivity contribution in [1.29, 1.82) is 0 Å². The molecule has 10 heteroatoms. The first kappa shape index (κ1) is 30.1. The molecule has 0 aliphatic carbocycles. The second-order valence-electron chi connectivity index (χ2n) is 8.96. The summed E-state index contributed by atoms with van der Waals surface area (Å²) in [5.41, 5.74) is 4.49. The lowest BCUT2D eigenvalue weighted by molar-refractivity contribution is 0.414. The van der Waals surface area contributed by atoms with E-state index in [-0.39, 0.29) is 4.90 Å². The maximum absolute atomic E-state index is 10.9. The summed E-state index contributed by atoms with van der Waals surface area (Å²) in [4.78, 5) is 11.0. The van der Waals surface area contributed by atoms with E-state index in [1.54, 1.807) is 52.6 Å². The summed E-state index contributed by atoms with van der Waals surface area (Å²) in [6, 6.07) is 19.6. The van der Waals surface area contributed by atoms with Crippen LogP contribution in [0.3, 0.4) is 0 Å². The van der Waals surface area contributed by atoms with Crippen LogP contribution in [0.25, 0.3) is 0 Å². The predicted octanol–water partition coefficient (Wildman–Crippen LogP) is 6.32. The number of rotatable bonds is 8. The van der Waals surface area contributed by atoms with Gasteiger partial charge >= 0.3 is 0 Å². The zero-order valence-electron chi connectivity index (χ0n) is 22.6. The van der Waals surface area contributed by atoms with Gasteiger partial charge in [0.2, 0.25) is 0 Å². The van der Waals surface area contributed by atoms with Gasteiger partial charge in [-0.3, -0.25) is 9.54 Å². The Hall–Kier alpha value is -3.47. The Bertz CT molecular complexity index is 1420. The topological polar surface area (TPSA) is 102 Å². The van der Waals surface area contributed by atoms with Crippen LogP contribution in [0, 0.1) is 20.8 Å². The number of hydrogen-bond donors (Lipinski definition) is 1. The fraction of sp³-hybridized carbons (Fsp3) is 0.241. The summed E-state index contributed by atoms with van der Waals surface area (Å²) in [6.07, 6.45) is 3.46. The van der Waals surface area contributed by atoms with Crippen molar-refractivity contribution in [3.05, 3.63) is 105 Å². The number of hydrogen-bond acceptors (Lipinski definition) is 7. The van der Waals surface area contributed by atoms with Crippen molar-refractivity contribution in [3.63, 3.8) is 0 Å². The highest BCUT2D eigenvalue weighted by Gasteiger charge is 2.16. The lowest BCUT2D eigenvalue weighted by Gasteiger charge is -2.24. The molecule has 0 spiro atoms. The second-order valence-corrected chi connectivity index (χ2v) is 11.1. The van der Waals surface area contributed by atoms with Crippen LogP contribution in [0.15, 0.2) is 82.6 Å². The van der Waals surface area contributed by atoms with Crippen LogP contribution in [0.1, 0.15) is 27.8 Å². The number of methoxy groups -OCH3 is 2. The smallest absolute Gasteiger partial charge is 0.295 e. The Morgan fingerprint density at radius 3 is 1.67 bits per heavy atom. The SMILES string of the molecule is COc1ccc(CN(Cc2ccc(OC)cc2)c2cncc(Br)n2)cc1.Cc1cc(C)c(S(=O)(=O)O)c(C)c1. The van der Waals surface area contributed by atoms with Gasteiger partial charge in [0.25, 0.3) is 10.1 Å². The van der Waals surface area contributed by atoms with E-state index in [0.29, 0.717) is 28.8 Å². The number of aromatic nitrogens is 2. The predicted molar refractivity (Wildman–Crippen MR) is 156 cm³/mol. The van der Waals surface area contributed by atoms with E-state index in [0.717, 1.165) is 22.9 Å². The average molecular weight is 615 g/mol. The molecule has 1 aromatic heterocycles. The van der Waals surface area contributed by atoms with Crippen LogP contribution in [0.5, 0.6) is 11.5 Å². The molecule has 0 unspecified atom stereocenters. The van der Waals surface area contributed by atoms with Crippen molar-refractivity contribution < 1.29 is 22.4 Å². The van der Waals surface area contributed by atoms with Crippen LogP contribution in [0.2, 0.25) is 0 Å². The summed E-state index contributed by atoms with van der Waals surface area (Å²) >= 11 is 3.41. The Balaban J connectivity index is 0.000000272. The molecule has 4 rings (SSSR count). The van der Waals surface area contributed by atoms with Gasteiger partial charge in [0.1, 0.15) is 21.9 Å². The lowest BCUT2D eigenvalue weighted by Crippen LogP contribution is -2.23. The highest BCUT2D eigenvalue weighted by Crippen LogP contribution is 2.22. The zero-order chi connectivity index (χ0) is 28.6. The quantitative estimate of drug-likeness (QED) is 0.230. The molecule has 0 bridgehead atoms. The van der Waals surface area contributed by atoms with E-state index < -0.39 is 10.1 Å². The largest absolute Gasteiger partial charge is 0.497 e. The minimum absolute atomic E-state index is 0.0260. The van der Waals surface area contributed by atoms with E-state index in [4.69, 9.17) is 14.0 Å². The van der Waals surface area contributed by atoms with Gasteiger partial charge < -0.3 is 14.4 Å². The number of benzene rings is 3. The molecule has 0 saturated heterocycles. The minimum atomic E-state index is -4.08. The van der Waals surface area contributed by atoms with E-state index >= 15 is 0 Å². The molecule has 0 saturated carbocycles. The highest BCUT2D eigenvalue weighted by molar-refractivity contribution is 9.10. The number of aryl methyl sites for hydroxylation is 3. The third-order valence-corrected chi connectivity index (χ3v) is 7.39. The molecule has 39 heavy (non-hydrogen) atoms. The standard InChI is InChI=1S/C20H20BrN3O2.C9H12O3S/c1-25-17-7-3-15(4-8-17)13-24(20-12-22-11-19(21)23-20)14-16-5-9-18(26-2)10-6-16;1-6-4-7(2)9(8(3)5-6)13(10,11)12/h3-12H,13-14H2,1-2H3;4-5H,1-3H3,(H,10,11,12). The molecule has 0 aliphatic rings. The molecule has 0 aliphatic heterocycles. The summed E-state index contributed by atoms with van der Waals surface area (Å²) < 4.78 is 42.0. The molecule has 0 amide bonds. The maximum atomic E-state index is 10.9. The first-order valence-electron chi connectivity index (χ1n) is 12.0. The Morgan fingerprint density at radius 1 is 0.821 bits per heavy atom. The number of halogens is 1. The first-order valence-corrected chi connectivity index (χ1v) is 14.3. The normalized spacial score (nSPS) is 10.8. The highest BCUT2D eigenvalue weighted by atomic mass is 79.9. The van der Waals surface area contributed by atoms with Crippen molar-refractivity contribution >= 4 is 31.9 Å². The van der Waals surface area contributed by atoms with Crippen LogP contribution in [-0.4, -0.2) is 37.2 Å². The monoisotopic (exact) mass is 613 g/mol. The zero-order valence-corrected chi connectivity index (χ0v) is 25.0. The van der Waals surface area contributed by atoms with Crippen molar-refractivity contribution in [2.75, 3.05) is 19.1 Å². The van der Waals surface area contributed by atoms with E-state index in [1.807, 2.05) is 31.2 Å². The molecule has 0 fully saturated rings. The average Bonchev–Trinajstić information content (AvgIpc) is 2.88. The van der Waals surface area contributed by atoms with Crippen molar-refractivity contribution in [2.45, 2.75) is 38.8 Å². The van der Waals surface area contributed by atoms with Crippen LogP contribution in [0.4, 0.5) is 5.82 Å². The Morgan fingerprint density at radius 2 is 1.28 bits per heavy atom. The van der Waals surface area contributed by atoms with Gasteiger partial charge in [-0.05, 0) is 83.2 Å². The van der Waals surface area contributed by atoms with Gasteiger partial charge in [-0.1, -0.05) is 42.0 Å². The van der Waals surface area contributed by atoms with Crippen LogP contribution >= 0.6 is 15.9 Å². The van der Waals surface area contributed by atoms with E-state index in [1.165, 1.54) is 11.1 Å². The summed E-state index contributed by atoms with van der Waals surface area (Å²) in [6.45, 7) is 6.64. The van der Waals surface area contributed by atoms with Gasteiger partial charge in [-0.15, -0.1) is 0 Å². The molecule has 8 nitrogen and oxygen atoms in total. The summed E-state index contributed by atoms with van der Waals surface area (Å²) in [7, 11) is -0.743. The number of anilines is 1. The molecular formula is C29H32BrN3O5S. The fourth-order valence-electron chi connectivity index (χ4n) is 4.18. The van der Waals surface area contributed by atoms with Crippen molar-refractivity contribution in [1.82, 2.24) is 9.97 Å². The molecule has 206 valence electrons. The number of ether oxygens (including phenoxy) is 2. The molecule has 0 atom stereocenters. The van der Waals surface area contributed by atoms with Gasteiger partial charge in [0.15, 0.2) is 0 Å². The molecular weight excluding hydrogens is 582 g/mol. The Kier molecular flexibility index (Phi) is 10.4. The number of nitrogens with zero attached hydrogens (tertiary/aromatic N) is 3. The molecule has 1 heterocycles. The van der Waals surface area contributed by atoms with Gasteiger partial charge in [-0.2, -0.15) is 8.42 Å². The Labute approximate surface area is 238 Å². The molecule has 0 radical (unpaired) electrons. The fourth-order valence-corrected chi connectivity index (χ4v) is 5.41. The van der Waals surface area contributed by atoms with Gasteiger partial charge in [-0.25, -0.2) is 4.98 Å². The van der Waals surface area contributed by atoms with Crippen molar-refractivity contribution in [3.8, 4) is 11.5 Å². The maximum Gasteiger partial charge on any atom is 0.295 e. The second kappa shape index (κ2) is 13.5. The first-order chi connectivity index (χ1) is 18.5. The van der Waals surface area contributed by atoms with Gasteiger partial charge in [0.05, 0.1) is 31.5 Å². The van der Waals surface area contributed by atoms with E-state index in [9.17, 15) is 8.42 Å². The van der Waals surface area contributed by atoms with Crippen molar-refractivity contribution in [2.24, 2.45) is 0 Å². The van der Waals surface area contributed by atoms with Crippen LogP contribution in [-0.2, 0) is 23.2 Å². The van der Waals surface area contributed by atoms with Crippen LogP contribution < -0.4 is 14.4 Å². The molecule has 3 aromatic carbocycles. The summed E-state index contributed by atoms with van der Waals surface area (Å²) in [5.74, 6) is 2.50. The molecule has 4 aromatic rings. The van der Waals surface area contributed by atoms with E-state index in [2.05, 4.69) is 55.1 Å². The molecule has 1 N–H and O–H groups in total.